The van der Waals surface area contributed by atoms with Crippen LogP contribution in [0.1, 0.15) is 17.3 Å². The highest BCUT2D eigenvalue weighted by Crippen LogP contribution is 2.30. The van der Waals surface area contributed by atoms with Crippen molar-refractivity contribution >= 4 is 34.2 Å². The molecule has 2 aromatic carbocycles. The van der Waals surface area contributed by atoms with Crippen LogP contribution >= 0.6 is 0 Å². The number of hydrogen-bond acceptors (Lipinski definition) is 7. The molecule has 35 heavy (non-hydrogen) atoms. The first-order valence-electron chi connectivity index (χ1n) is 11.1. The van der Waals surface area contributed by atoms with Gasteiger partial charge in [-0.3, -0.25) is 14.6 Å². The highest BCUT2D eigenvalue weighted by atomic mass is 16.5. The molecule has 2 aromatic heterocycles. The minimum absolute atomic E-state index is 0.0133. The van der Waals surface area contributed by atoms with Gasteiger partial charge in [-0.1, -0.05) is 36.4 Å². The molecule has 0 fully saturated rings. The molecule has 0 aliphatic heterocycles. The quantitative estimate of drug-likeness (QED) is 0.411. The maximum atomic E-state index is 13.4. The summed E-state index contributed by atoms with van der Waals surface area (Å²) >= 11 is 0. The minimum atomic E-state index is -0.826. The molecule has 1 amide bonds. The lowest BCUT2D eigenvalue weighted by Gasteiger charge is -2.18. The second-order valence-electron chi connectivity index (χ2n) is 7.95. The van der Waals surface area contributed by atoms with E-state index in [0.29, 0.717) is 17.8 Å². The zero-order valence-electron chi connectivity index (χ0n) is 19.7. The molecule has 0 bridgehead atoms. The Hall–Kier alpha value is -4.53. The van der Waals surface area contributed by atoms with Crippen molar-refractivity contribution in [3.8, 4) is 11.3 Å². The van der Waals surface area contributed by atoms with Gasteiger partial charge in [0.15, 0.2) is 6.61 Å². The van der Waals surface area contributed by atoms with E-state index in [1.807, 2.05) is 36.4 Å². The van der Waals surface area contributed by atoms with Gasteiger partial charge in [0.05, 0.1) is 5.52 Å². The van der Waals surface area contributed by atoms with E-state index < -0.39 is 18.1 Å². The van der Waals surface area contributed by atoms with Crippen LogP contribution in [0.15, 0.2) is 71.7 Å². The summed E-state index contributed by atoms with van der Waals surface area (Å²) in [6.07, 6.45) is 1.68. The second-order valence-corrected chi connectivity index (χ2v) is 7.95. The van der Waals surface area contributed by atoms with Gasteiger partial charge in [-0.2, -0.15) is 5.10 Å². The number of aromatic nitrogens is 3. The van der Waals surface area contributed by atoms with Crippen molar-refractivity contribution < 1.29 is 14.3 Å². The molecule has 9 heteroatoms. The fourth-order valence-electron chi connectivity index (χ4n) is 3.57. The number of amides is 1. The number of fused-ring (bicyclic) bond motifs is 1. The number of carbonyl (C=O) groups is 2. The lowest BCUT2D eigenvalue weighted by Crippen LogP contribution is -2.31. The van der Waals surface area contributed by atoms with E-state index in [4.69, 9.17) is 4.74 Å². The molecule has 4 rings (SSSR count). The predicted octanol–water partition coefficient (Wildman–Crippen LogP) is 3.47. The van der Waals surface area contributed by atoms with Crippen LogP contribution in [0.3, 0.4) is 0 Å². The molecule has 4 aromatic rings. The first kappa shape index (κ1) is 23.6. The van der Waals surface area contributed by atoms with E-state index in [1.165, 1.54) is 9.58 Å². The highest BCUT2D eigenvalue weighted by Gasteiger charge is 2.26. The summed E-state index contributed by atoms with van der Waals surface area (Å²) in [6, 6.07) is 18.2. The van der Waals surface area contributed by atoms with Crippen molar-refractivity contribution in [3.63, 3.8) is 0 Å². The smallest absolute Gasteiger partial charge is 0.343 e. The number of pyridine rings is 1. The van der Waals surface area contributed by atoms with E-state index in [0.717, 1.165) is 10.9 Å². The summed E-state index contributed by atoms with van der Waals surface area (Å²) in [5, 5.41) is 8.39. The van der Waals surface area contributed by atoms with E-state index >= 15 is 0 Å². The van der Waals surface area contributed by atoms with Crippen LogP contribution in [0, 0.1) is 0 Å². The average Bonchev–Trinajstić information content (AvgIpc) is 2.88. The van der Waals surface area contributed by atoms with Crippen molar-refractivity contribution in [3.05, 3.63) is 82.8 Å². The molecule has 0 saturated carbocycles. The van der Waals surface area contributed by atoms with Crippen LogP contribution in [0.4, 0.5) is 11.4 Å². The summed E-state index contributed by atoms with van der Waals surface area (Å²) in [4.78, 5) is 44.5. The lowest BCUT2D eigenvalue weighted by atomic mass is 10.0. The zero-order chi connectivity index (χ0) is 24.9. The Balaban J connectivity index is 1.92. The summed E-state index contributed by atoms with van der Waals surface area (Å²) in [7, 11) is 3.13. The number of carbonyl (C=O) groups excluding carboxylic acids is 2. The second kappa shape index (κ2) is 10.2. The van der Waals surface area contributed by atoms with E-state index in [-0.39, 0.29) is 22.9 Å². The summed E-state index contributed by atoms with van der Waals surface area (Å²) in [5.41, 5.74) is 1.71. The van der Waals surface area contributed by atoms with E-state index in [9.17, 15) is 14.4 Å². The molecule has 2 heterocycles. The Bertz CT molecular complexity index is 1440. The van der Waals surface area contributed by atoms with Crippen molar-refractivity contribution in [1.82, 2.24) is 19.7 Å². The third-order valence-electron chi connectivity index (χ3n) is 5.44. The number of ether oxygens (including phenoxy) is 1. The van der Waals surface area contributed by atoms with Gasteiger partial charge in [-0.15, -0.1) is 0 Å². The third kappa shape index (κ3) is 4.89. The summed E-state index contributed by atoms with van der Waals surface area (Å²) in [5.74, 6) is -1.21. The number of aryl methyl sites for hydroxylation is 1. The molecule has 9 nitrogen and oxygen atoms in total. The van der Waals surface area contributed by atoms with Crippen molar-refractivity contribution in [2.24, 2.45) is 0 Å². The zero-order valence-corrected chi connectivity index (χ0v) is 19.7. The molecular weight excluding hydrogens is 446 g/mol. The monoisotopic (exact) mass is 471 g/mol. The topological polar surface area (TPSA) is 106 Å². The van der Waals surface area contributed by atoms with Crippen molar-refractivity contribution in [1.29, 1.82) is 0 Å². The third-order valence-corrected chi connectivity index (χ3v) is 5.44. The number of anilines is 2. The normalized spacial score (nSPS) is 10.7. The Labute approximate surface area is 202 Å². The molecule has 0 spiro atoms. The van der Waals surface area contributed by atoms with E-state index in [1.54, 1.807) is 51.5 Å². The van der Waals surface area contributed by atoms with Gasteiger partial charge >= 0.3 is 5.97 Å². The largest absolute Gasteiger partial charge is 0.452 e. The SMILES string of the molecule is CCn1nc(-c2ccccc2)c(C(=O)OCC(=O)N(C)C)c(Nc2cccc3ncccc23)c1=O. The van der Waals surface area contributed by atoms with Crippen LogP contribution in [0.2, 0.25) is 0 Å². The van der Waals surface area contributed by atoms with Gasteiger partial charge in [0.25, 0.3) is 11.5 Å². The van der Waals surface area contributed by atoms with Crippen molar-refractivity contribution in [2.45, 2.75) is 13.5 Å². The molecule has 0 radical (unpaired) electrons. The first-order valence-corrected chi connectivity index (χ1v) is 11.1. The Morgan fingerprint density at radius 3 is 2.51 bits per heavy atom. The number of hydrogen-bond donors (Lipinski definition) is 1. The van der Waals surface area contributed by atoms with Crippen LogP contribution in [0.5, 0.6) is 0 Å². The number of nitrogens with zero attached hydrogens (tertiary/aromatic N) is 4. The molecule has 1 N–H and O–H groups in total. The van der Waals surface area contributed by atoms with Crippen molar-refractivity contribution in [2.75, 3.05) is 26.0 Å². The van der Waals surface area contributed by atoms with Gasteiger partial charge in [0.1, 0.15) is 16.9 Å². The van der Waals surface area contributed by atoms with E-state index in [2.05, 4.69) is 15.4 Å². The van der Waals surface area contributed by atoms with Crippen LogP contribution in [0.25, 0.3) is 22.2 Å². The van der Waals surface area contributed by atoms with Crippen LogP contribution in [-0.2, 0) is 16.1 Å². The molecular formula is C26H25N5O4. The fraction of sp³-hybridized carbons (Fsp3) is 0.192. The lowest BCUT2D eigenvalue weighted by molar-refractivity contribution is -0.131. The molecule has 0 saturated heterocycles. The van der Waals surface area contributed by atoms with Gasteiger partial charge in [-0.05, 0) is 31.2 Å². The number of likely N-dealkylation sites (N-methyl/N-ethyl adjacent to an activating group) is 1. The summed E-state index contributed by atoms with van der Waals surface area (Å²) < 4.78 is 6.62. The number of benzene rings is 2. The van der Waals surface area contributed by atoms with Crippen LogP contribution < -0.4 is 10.9 Å². The molecule has 0 aliphatic rings. The highest BCUT2D eigenvalue weighted by molar-refractivity contribution is 6.04. The predicted molar refractivity (Wildman–Crippen MR) is 134 cm³/mol. The average molecular weight is 472 g/mol. The maximum Gasteiger partial charge on any atom is 0.343 e. The molecule has 0 atom stereocenters. The maximum absolute atomic E-state index is 13.4. The summed E-state index contributed by atoms with van der Waals surface area (Å²) in [6.45, 7) is 1.62. The number of nitrogens with one attached hydrogen (secondary N) is 1. The molecule has 0 unspecified atom stereocenters. The van der Waals surface area contributed by atoms with Crippen LogP contribution in [-0.4, -0.2) is 52.2 Å². The number of rotatable bonds is 7. The minimum Gasteiger partial charge on any atom is -0.452 e. The Morgan fingerprint density at radius 1 is 1.03 bits per heavy atom. The Morgan fingerprint density at radius 2 is 1.80 bits per heavy atom. The van der Waals surface area contributed by atoms with Gasteiger partial charge in [0.2, 0.25) is 0 Å². The van der Waals surface area contributed by atoms with Gasteiger partial charge in [0, 0.05) is 43.5 Å². The standard InChI is InChI=1S/C26H25N5O4/c1-4-31-25(33)24(28-20-14-8-13-19-18(20)12-9-15-27-19)22(26(34)35-16-21(32)30(2)3)23(29-31)17-10-6-5-7-11-17/h5-15,28H,4,16H2,1-3H3. The molecule has 0 aliphatic carbocycles. The molecule has 178 valence electrons. The van der Waals surface area contributed by atoms with Gasteiger partial charge in [-0.25, -0.2) is 9.48 Å². The fourth-order valence-corrected chi connectivity index (χ4v) is 3.57. The number of esters is 1. The Kier molecular flexibility index (Phi) is 6.86. The first-order chi connectivity index (χ1) is 16.9. The van der Waals surface area contributed by atoms with Gasteiger partial charge < -0.3 is 15.0 Å².